The maximum absolute atomic E-state index is 12.0. The van der Waals surface area contributed by atoms with Crippen LogP contribution in [-0.2, 0) is 11.2 Å². The summed E-state index contributed by atoms with van der Waals surface area (Å²) in [6.45, 7) is 2.05. The normalized spacial score (nSPS) is 17.4. The number of carbonyl (C=O) groups excluding carboxylic acids is 1. The van der Waals surface area contributed by atoms with Crippen molar-refractivity contribution in [1.29, 1.82) is 0 Å². The van der Waals surface area contributed by atoms with Gasteiger partial charge in [0.05, 0.1) is 6.42 Å². The van der Waals surface area contributed by atoms with E-state index in [9.17, 15) is 4.79 Å². The summed E-state index contributed by atoms with van der Waals surface area (Å²) in [4.78, 5) is 14.3. The van der Waals surface area contributed by atoms with Gasteiger partial charge >= 0.3 is 0 Å². The number of piperidine rings is 1. The van der Waals surface area contributed by atoms with Crippen molar-refractivity contribution < 1.29 is 4.79 Å². The van der Waals surface area contributed by atoms with Crippen molar-refractivity contribution in [2.24, 2.45) is 0 Å². The summed E-state index contributed by atoms with van der Waals surface area (Å²) in [5.41, 5.74) is 0.705. The molecule has 1 aliphatic rings. The highest BCUT2D eigenvalue weighted by atomic mass is 35.5. The lowest BCUT2D eigenvalue weighted by atomic mass is 10.0. The minimum absolute atomic E-state index is 0.00967. The van der Waals surface area contributed by atoms with Gasteiger partial charge in [-0.25, -0.2) is 0 Å². The van der Waals surface area contributed by atoms with Gasteiger partial charge in [0.2, 0.25) is 5.91 Å². The lowest BCUT2D eigenvalue weighted by Gasteiger charge is -2.29. The van der Waals surface area contributed by atoms with Crippen LogP contribution in [-0.4, -0.2) is 37.0 Å². The van der Waals surface area contributed by atoms with Crippen LogP contribution in [0.2, 0.25) is 10.0 Å². The Labute approximate surface area is 123 Å². The van der Waals surface area contributed by atoms with Crippen LogP contribution in [0.15, 0.2) is 18.2 Å². The van der Waals surface area contributed by atoms with Gasteiger partial charge in [-0.3, -0.25) is 4.79 Å². The van der Waals surface area contributed by atoms with Gasteiger partial charge < -0.3 is 10.2 Å². The molecule has 0 aromatic heterocycles. The third-order valence-electron chi connectivity index (χ3n) is 3.48. The summed E-state index contributed by atoms with van der Waals surface area (Å²) < 4.78 is 0. The smallest absolute Gasteiger partial charge is 0.224 e. The minimum atomic E-state index is -0.00967. The Morgan fingerprint density at radius 2 is 1.89 bits per heavy atom. The largest absolute Gasteiger partial charge is 0.353 e. The van der Waals surface area contributed by atoms with Crippen LogP contribution >= 0.6 is 23.2 Å². The maximum Gasteiger partial charge on any atom is 0.224 e. The van der Waals surface area contributed by atoms with Crippen LogP contribution in [0.4, 0.5) is 0 Å². The van der Waals surface area contributed by atoms with E-state index in [0.29, 0.717) is 15.6 Å². The molecule has 1 aliphatic heterocycles. The fourth-order valence-electron chi connectivity index (χ4n) is 2.29. The highest BCUT2D eigenvalue weighted by Gasteiger charge is 2.19. The van der Waals surface area contributed by atoms with Crippen molar-refractivity contribution in [2.75, 3.05) is 20.1 Å². The predicted molar refractivity (Wildman–Crippen MR) is 78.8 cm³/mol. The van der Waals surface area contributed by atoms with E-state index >= 15 is 0 Å². The molecule has 0 saturated carbocycles. The molecule has 0 spiro atoms. The Kier molecular flexibility index (Phi) is 5.08. The standard InChI is InChI=1S/C14H18Cl2N2O/c1-18-7-5-10(6-8-18)17-14(19)9-11-12(15)3-2-4-13(11)16/h2-4,10H,5-9H2,1H3,(H,17,19). The molecule has 1 aromatic carbocycles. The number of nitrogens with one attached hydrogen (secondary N) is 1. The van der Waals surface area contributed by atoms with Crippen molar-refractivity contribution in [2.45, 2.75) is 25.3 Å². The predicted octanol–water partition coefficient (Wildman–Crippen LogP) is 2.75. The molecule has 3 nitrogen and oxygen atoms in total. The van der Waals surface area contributed by atoms with Gasteiger partial charge in [0.25, 0.3) is 0 Å². The molecular formula is C14H18Cl2N2O. The average molecular weight is 301 g/mol. The number of likely N-dealkylation sites (tertiary alicyclic amines) is 1. The second kappa shape index (κ2) is 6.60. The number of nitrogens with zero attached hydrogens (tertiary/aromatic N) is 1. The number of carbonyl (C=O) groups is 1. The maximum atomic E-state index is 12.0. The molecule has 1 fully saturated rings. The van der Waals surface area contributed by atoms with Gasteiger partial charge in [-0.05, 0) is 50.7 Å². The van der Waals surface area contributed by atoms with E-state index in [1.807, 2.05) is 0 Å². The summed E-state index contributed by atoms with van der Waals surface area (Å²) in [5, 5.41) is 4.15. The topological polar surface area (TPSA) is 32.3 Å². The number of amides is 1. The summed E-state index contributed by atoms with van der Waals surface area (Å²) >= 11 is 12.1. The van der Waals surface area contributed by atoms with Gasteiger partial charge in [-0.1, -0.05) is 29.3 Å². The molecule has 1 N–H and O–H groups in total. The SMILES string of the molecule is CN1CCC(NC(=O)Cc2c(Cl)cccc2Cl)CC1. The Morgan fingerprint density at radius 1 is 1.32 bits per heavy atom. The van der Waals surface area contributed by atoms with Crippen molar-refractivity contribution in [3.8, 4) is 0 Å². The molecule has 1 saturated heterocycles. The van der Waals surface area contributed by atoms with Crippen LogP contribution in [0.1, 0.15) is 18.4 Å². The van der Waals surface area contributed by atoms with E-state index in [1.54, 1.807) is 18.2 Å². The first-order valence-corrected chi connectivity index (χ1v) is 7.22. The zero-order valence-corrected chi connectivity index (χ0v) is 12.5. The average Bonchev–Trinajstić information content (AvgIpc) is 2.37. The molecule has 0 unspecified atom stereocenters. The van der Waals surface area contributed by atoms with Crippen LogP contribution in [0.5, 0.6) is 0 Å². The third-order valence-corrected chi connectivity index (χ3v) is 4.19. The molecule has 0 aliphatic carbocycles. The fourth-order valence-corrected chi connectivity index (χ4v) is 2.82. The first-order chi connectivity index (χ1) is 9.06. The van der Waals surface area contributed by atoms with Crippen molar-refractivity contribution >= 4 is 29.1 Å². The highest BCUT2D eigenvalue weighted by molar-refractivity contribution is 6.36. The zero-order chi connectivity index (χ0) is 13.8. The molecular weight excluding hydrogens is 283 g/mol. The molecule has 5 heteroatoms. The molecule has 0 bridgehead atoms. The minimum Gasteiger partial charge on any atom is -0.353 e. The Bertz CT molecular complexity index is 437. The van der Waals surface area contributed by atoms with Crippen molar-refractivity contribution in [3.05, 3.63) is 33.8 Å². The van der Waals surface area contributed by atoms with Crippen LogP contribution in [0, 0.1) is 0 Å². The molecule has 2 rings (SSSR count). The van der Waals surface area contributed by atoms with Gasteiger partial charge in [0.1, 0.15) is 0 Å². The second-order valence-electron chi connectivity index (χ2n) is 5.02. The molecule has 0 radical (unpaired) electrons. The monoisotopic (exact) mass is 300 g/mol. The number of benzene rings is 1. The quantitative estimate of drug-likeness (QED) is 0.931. The number of rotatable bonds is 3. The summed E-state index contributed by atoms with van der Waals surface area (Å²) in [6.07, 6.45) is 2.24. The second-order valence-corrected chi connectivity index (χ2v) is 5.84. The number of hydrogen-bond acceptors (Lipinski definition) is 2. The van der Waals surface area contributed by atoms with Gasteiger partial charge in [0.15, 0.2) is 0 Å². The molecule has 1 heterocycles. The summed E-state index contributed by atoms with van der Waals surface area (Å²) in [5.74, 6) is -0.00967. The summed E-state index contributed by atoms with van der Waals surface area (Å²) in [7, 11) is 2.10. The van der Waals surface area contributed by atoms with E-state index in [0.717, 1.165) is 25.9 Å². The number of halogens is 2. The van der Waals surface area contributed by atoms with Crippen molar-refractivity contribution in [3.63, 3.8) is 0 Å². The highest BCUT2D eigenvalue weighted by Crippen LogP contribution is 2.24. The Balaban J connectivity index is 1.91. The third kappa shape index (κ3) is 4.10. The van der Waals surface area contributed by atoms with Crippen LogP contribution in [0.25, 0.3) is 0 Å². The molecule has 104 valence electrons. The lowest BCUT2D eigenvalue weighted by Crippen LogP contribution is -2.43. The van der Waals surface area contributed by atoms with E-state index < -0.39 is 0 Å². The molecule has 19 heavy (non-hydrogen) atoms. The summed E-state index contributed by atoms with van der Waals surface area (Å²) in [6, 6.07) is 5.56. The molecule has 1 aromatic rings. The van der Waals surface area contributed by atoms with E-state index in [4.69, 9.17) is 23.2 Å². The first kappa shape index (κ1) is 14.6. The Hall–Kier alpha value is -0.770. The van der Waals surface area contributed by atoms with Crippen molar-refractivity contribution in [1.82, 2.24) is 10.2 Å². The van der Waals surface area contributed by atoms with Crippen LogP contribution < -0.4 is 5.32 Å². The van der Waals surface area contributed by atoms with Gasteiger partial charge in [-0.15, -0.1) is 0 Å². The van der Waals surface area contributed by atoms with Gasteiger partial charge in [-0.2, -0.15) is 0 Å². The van der Waals surface area contributed by atoms with E-state index in [-0.39, 0.29) is 18.4 Å². The number of hydrogen-bond donors (Lipinski definition) is 1. The lowest BCUT2D eigenvalue weighted by molar-refractivity contribution is -0.121. The van der Waals surface area contributed by atoms with Crippen LogP contribution in [0.3, 0.4) is 0 Å². The molecule has 1 amide bonds. The van der Waals surface area contributed by atoms with E-state index in [2.05, 4.69) is 17.3 Å². The first-order valence-electron chi connectivity index (χ1n) is 6.47. The zero-order valence-electron chi connectivity index (χ0n) is 11.0. The molecule has 0 atom stereocenters. The Morgan fingerprint density at radius 3 is 2.47 bits per heavy atom. The fraction of sp³-hybridized carbons (Fsp3) is 0.500. The van der Waals surface area contributed by atoms with Gasteiger partial charge in [0, 0.05) is 16.1 Å². The van der Waals surface area contributed by atoms with E-state index in [1.165, 1.54) is 0 Å².